The number of hydrogen-bond donors (Lipinski definition) is 2. The Balaban J connectivity index is 1.31. The molecule has 0 spiro atoms. The van der Waals surface area contributed by atoms with Crippen molar-refractivity contribution < 1.29 is 9.52 Å². The minimum atomic E-state index is 0.383. The van der Waals surface area contributed by atoms with Crippen molar-refractivity contribution in [3.8, 4) is 0 Å². The molecule has 3 rings (SSSR count). The number of piperidine rings is 1. The van der Waals surface area contributed by atoms with Gasteiger partial charge >= 0.3 is 0 Å². The standard InChI is InChI=1S/C18H30N2O2/c21-14-16-5-3-15(4-6-16)12-19-17-7-9-20(10-8-17)13-18-2-1-11-22-18/h1-2,11,15-17,19,21H,3-10,12-14H2. The molecule has 1 aromatic rings. The number of furan rings is 1. The lowest BCUT2D eigenvalue weighted by Crippen LogP contribution is -2.43. The summed E-state index contributed by atoms with van der Waals surface area (Å²) in [6.07, 6.45) is 9.24. The summed E-state index contributed by atoms with van der Waals surface area (Å²) in [6, 6.07) is 4.71. The van der Waals surface area contributed by atoms with E-state index in [2.05, 4.69) is 16.3 Å². The number of aliphatic hydroxyl groups is 1. The normalized spacial score (nSPS) is 28.0. The van der Waals surface area contributed by atoms with Crippen molar-refractivity contribution in [2.75, 3.05) is 26.2 Å². The average molecular weight is 306 g/mol. The molecule has 1 saturated carbocycles. The van der Waals surface area contributed by atoms with Gasteiger partial charge in [0.15, 0.2) is 0 Å². The van der Waals surface area contributed by atoms with Crippen molar-refractivity contribution >= 4 is 0 Å². The first-order chi connectivity index (χ1) is 10.8. The third-order valence-electron chi connectivity index (χ3n) is 5.47. The molecule has 0 unspecified atom stereocenters. The van der Waals surface area contributed by atoms with Crippen LogP contribution in [0.1, 0.15) is 44.3 Å². The SMILES string of the molecule is OCC1CCC(CNC2CCN(Cc3ccco3)CC2)CC1. The highest BCUT2D eigenvalue weighted by atomic mass is 16.3. The van der Waals surface area contributed by atoms with Gasteiger partial charge in [-0.15, -0.1) is 0 Å². The van der Waals surface area contributed by atoms with Gasteiger partial charge in [-0.2, -0.15) is 0 Å². The van der Waals surface area contributed by atoms with Gasteiger partial charge < -0.3 is 14.8 Å². The van der Waals surface area contributed by atoms with E-state index >= 15 is 0 Å². The summed E-state index contributed by atoms with van der Waals surface area (Å²) in [6.45, 7) is 4.82. The molecule has 2 fully saturated rings. The van der Waals surface area contributed by atoms with Crippen LogP contribution in [-0.4, -0.2) is 42.3 Å². The van der Waals surface area contributed by atoms with Crippen LogP contribution < -0.4 is 5.32 Å². The van der Waals surface area contributed by atoms with E-state index < -0.39 is 0 Å². The topological polar surface area (TPSA) is 48.6 Å². The molecule has 1 saturated heterocycles. The van der Waals surface area contributed by atoms with Crippen LogP contribution in [0.4, 0.5) is 0 Å². The Morgan fingerprint density at radius 1 is 1.09 bits per heavy atom. The Hall–Kier alpha value is -0.840. The molecule has 0 atom stereocenters. The van der Waals surface area contributed by atoms with Crippen molar-refractivity contribution in [3.63, 3.8) is 0 Å². The Morgan fingerprint density at radius 2 is 1.82 bits per heavy atom. The first-order valence-electron chi connectivity index (χ1n) is 8.92. The number of rotatable bonds is 6. The van der Waals surface area contributed by atoms with Crippen LogP contribution in [-0.2, 0) is 6.54 Å². The molecular formula is C18H30N2O2. The Bertz CT molecular complexity index is 405. The summed E-state index contributed by atoms with van der Waals surface area (Å²) in [4.78, 5) is 2.49. The predicted octanol–water partition coefficient (Wildman–Crippen LogP) is 2.63. The van der Waals surface area contributed by atoms with Crippen LogP contribution in [0.3, 0.4) is 0 Å². The Kier molecular flexibility index (Phi) is 5.93. The highest BCUT2D eigenvalue weighted by Crippen LogP contribution is 2.28. The molecule has 0 bridgehead atoms. The van der Waals surface area contributed by atoms with Gasteiger partial charge in [-0.1, -0.05) is 0 Å². The number of nitrogens with one attached hydrogen (secondary N) is 1. The third kappa shape index (κ3) is 4.58. The summed E-state index contributed by atoms with van der Waals surface area (Å²) in [5.41, 5.74) is 0. The van der Waals surface area contributed by atoms with Crippen LogP contribution in [0.25, 0.3) is 0 Å². The van der Waals surface area contributed by atoms with E-state index in [9.17, 15) is 5.11 Å². The second kappa shape index (κ2) is 8.14. The van der Waals surface area contributed by atoms with Gasteiger partial charge in [-0.3, -0.25) is 4.90 Å². The lowest BCUT2D eigenvalue weighted by atomic mass is 9.82. The Morgan fingerprint density at radius 3 is 2.45 bits per heavy atom. The molecule has 22 heavy (non-hydrogen) atoms. The first-order valence-corrected chi connectivity index (χ1v) is 8.92. The van der Waals surface area contributed by atoms with E-state index in [4.69, 9.17) is 4.42 Å². The van der Waals surface area contributed by atoms with E-state index in [-0.39, 0.29) is 0 Å². The molecule has 4 heteroatoms. The fourth-order valence-electron chi connectivity index (χ4n) is 3.87. The zero-order chi connectivity index (χ0) is 15.2. The van der Waals surface area contributed by atoms with E-state index in [1.165, 1.54) is 45.1 Å². The molecule has 124 valence electrons. The smallest absolute Gasteiger partial charge is 0.117 e. The molecule has 0 amide bonds. The van der Waals surface area contributed by atoms with Gasteiger partial charge in [0.1, 0.15) is 5.76 Å². The summed E-state index contributed by atoms with van der Waals surface area (Å²) < 4.78 is 5.43. The van der Waals surface area contributed by atoms with Crippen molar-refractivity contribution in [2.24, 2.45) is 11.8 Å². The molecule has 2 aliphatic rings. The second-order valence-corrected chi connectivity index (χ2v) is 7.11. The van der Waals surface area contributed by atoms with Gasteiger partial charge in [0.05, 0.1) is 12.8 Å². The molecule has 2 N–H and O–H groups in total. The third-order valence-corrected chi connectivity index (χ3v) is 5.47. The fourth-order valence-corrected chi connectivity index (χ4v) is 3.87. The number of aliphatic hydroxyl groups excluding tert-OH is 1. The van der Waals surface area contributed by atoms with Crippen LogP contribution in [0.15, 0.2) is 22.8 Å². The van der Waals surface area contributed by atoms with E-state index in [1.807, 2.05) is 6.07 Å². The van der Waals surface area contributed by atoms with Crippen molar-refractivity contribution in [1.29, 1.82) is 0 Å². The van der Waals surface area contributed by atoms with Gasteiger partial charge in [-0.25, -0.2) is 0 Å². The van der Waals surface area contributed by atoms with Gasteiger partial charge in [0, 0.05) is 25.7 Å². The molecule has 1 aliphatic heterocycles. The largest absolute Gasteiger partial charge is 0.468 e. The van der Waals surface area contributed by atoms with Gasteiger partial charge in [-0.05, 0) is 69.0 Å². The van der Waals surface area contributed by atoms with Crippen LogP contribution in [0.2, 0.25) is 0 Å². The molecule has 2 heterocycles. The van der Waals surface area contributed by atoms with Crippen LogP contribution in [0.5, 0.6) is 0 Å². The minimum Gasteiger partial charge on any atom is -0.468 e. The monoisotopic (exact) mass is 306 g/mol. The quantitative estimate of drug-likeness (QED) is 0.848. The molecule has 0 radical (unpaired) electrons. The zero-order valence-corrected chi connectivity index (χ0v) is 13.5. The van der Waals surface area contributed by atoms with Crippen molar-refractivity contribution in [2.45, 2.75) is 51.1 Å². The molecular weight excluding hydrogens is 276 g/mol. The maximum Gasteiger partial charge on any atom is 0.117 e. The van der Waals surface area contributed by atoms with E-state index in [1.54, 1.807) is 6.26 Å². The number of hydrogen-bond acceptors (Lipinski definition) is 4. The number of likely N-dealkylation sites (tertiary alicyclic amines) is 1. The highest BCUT2D eigenvalue weighted by Gasteiger charge is 2.23. The lowest BCUT2D eigenvalue weighted by Gasteiger charge is -2.34. The average Bonchev–Trinajstić information content (AvgIpc) is 3.08. The van der Waals surface area contributed by atoms with Crippen LogP contribution in [0, 0.1) is 11.8 Å². The first kappa shape index (κ1) is 16.0. The second-order valence-electron chi connectivity index (χ2n) is 7.11. The Labute approximate surface area is 133 Å². The fraction of sp³-hybridized carbons (Fsp3) is 0.778. The van der Waals surface area contributed by atoms with Gasteiger partial charge in [0.25, 0.3) is 0 Å². The molecule has 0 aromatic carbocycles. The van der Waals surface area contributed by atoms with E-state index in [0.29, 0.717) is 18.6 Å². The minimum absolute atomic E-state index is 0.383. The highest BCUT2D eigenvalue weighted by molar-refractivity contribution is 4.98. The summed E-state index contributed by atoms with van der Waals surface area (Å²) in [5, 5.41) is 13.0. The maximum atomic E-state index is 9.20. The summed E-state index contributed by atoms with van der Waals surface area (Å²) in [7, 11) is 0. The van der Waals surface area contributed by atoms with E-state index in [0.717, 1.165) is 31.3 Å². The molecule has 1 aliphatic carbocycles. The summed E-state index contributed by atoms with van der Waals surface area (Å²) in [5.74, 6) is 2.47. The predicted molar refractivity (Wildman–Crippen MR) is 87.5 cm³/mol. The zero-order valence-electron chi connectivity index (χ0n) is 13.5. The van der Waals surface area contributed by atoms with Crippen molar-refractivity contribution in [3.05, 3.63) is 24.2 Å². The summed E-state index contributed by atoms with van der Waals surface area (Å²) >= 11 is 0. The maximum absolute atomic E-state index is 9.20. The van der Waals surface area contributed by atoms with Crippen LogP contribution >= 0.6 is 0 Å². The lowest BCUT2D eigenvalue weighted by molar-refractivity contribution is 0.154. The van der Waals surface area contributed by atoms with Crippen molar-refractivity contribution in [1.82, 2.24) is 10.2 Å². The molecule has 1 aromatic heterocycles. The number of nitrogens with zero attached hydrogens (tertiary/aromatic N) is 1. The van der Waals surface area contributed by atoms with Gasteiger partial charge in [0.2, 0.25) is 0 Å². The molecule has 4 nitrogen and oxygen atoms in total.